The molecule has 0 unspecified atom stereocenters. The number of hydrogen-bond acceptors (Lipinski definition) is 2. The smallest absolute Gasteiger partial charge is 0.335 e. The molecule has 1 aliphatic rings. The second kappa shape index (κ2) is 10.5. The summed E-state index contributed by atoms with van der Waals surface area (Å²) < 4.78 is 0. The first kappa shape index (κ1) is 26.9. The van der Waals surface area contributed by atoms with Crippen LogP contribution in [0, 0.1) is 6.92 Å². The second-order valence-corrected chi connectivity index (χ2v) is 10.9. The van der Waals surface area contributed by atoms with Gasteiger partial charge >= 0.3 is 11.9 Å². The summed E-state index contributed by atoms with van der Waals surface area (Å²) >= 11 is 0. The van der Waals surface area contributed by atoms with Crippen LogP contribution in [0.3, 0.4) is 0 Å². The van der Waals surface area contributed by atoms with Gasteiger partial charge in [0.15, 0.2) is 0 Å². The molecule has 4 nitrogen and oxygen atoms in total. The molecular formula is C32H36O4. The van der Waals surface area contributed by atoms with Gasteiger partial charge in [0.2, 0.25) is 0 Å². The van der Waals surface area contributed by atoms with Crippen LogP contribution in [0.4, 0.5) is 0 Å². The molecule has 0 radical (unpaired) electrons. The summed E-state index contributed by atoms with van der Waals surface area (Å²) in [5.41, 5.74) is 8.82. The lowest BCUT2D eigenvalue weighted by Gasteiger charge is -2.42. The molecule has 0 amide bonds. The molecule has 0 atom stereocenters. The first-order chi connectivity index (χ1) is 16.8. The zero-order valence-electron chi connectivity index (χ0n) is 22.1. The van der Waals surface area contributed by atoms with Crippen molar-refractivity contribution in [2.24, 2.45) is 0 Å². The van der Waals surface area contributed by atoms with E-state index in [1.54, 1.807) is 42.5 Å². The Labute approximate surface area is 214 Å². The van der Waals surface area contributed by atoms with E-state index in [0.29, 0.717) is 11.1 Å². The van der Waals surface area contributed by atoms with Crippen LogP contribution in [0.1, 0.15) is 96.0 Å². The minimum Gasteiger partial charge on any atom is -0.478 e. The lowest BCUT2D eigenvalue weighted by molar-refractivity contribution is 0.0686. The molecule has 0 spiro atoms. The lowest BCUT2D eigenvalue weighted by Crippen LogP contribution is -2.34. The van der Waals surface area contributed by atoms with Crippen molar-refractivity contribution < 1.29 is 19.8 Å². The third-order valence-electron chi connectivity index (χ3n) is 7.18. The zero-order chi connectivity index (χ0) is 26.7. The van der Waals surface area contributed by atoms with Crippen LogP contribution >= 0.6 is 0 Å². The Bertz CT molecular complexity index is 1280. The highest BCUT2D eigenvalue weighted by Gasteiger charge is 2.37. The summed E-state index contributed by atoms with van der Waals surface area (Å²) in [6.07, 6.45) is 4.56. The second-order valence-electron chi connectivity index (χ2n) is 10.9. The highest BCUT2D eigenvalue weighted by molar-refractivity contribution is 5.89. The molecule has 0 bridgehead atoms. The van der Waals surface area contributed by atoms with Gasteiger partial charge in [0, 0.05) is 0 Å². The third-order valence-corrected chi connectivity index (χ3v) is 7.18. The average molecular weight is 485 g/mol. The Morgan fingerprint density at radius 2 is 1.22 bits per heavy atom. The van der Waals surface area contributed by atoms with Gasteiger partial charge in [-0.3, -0.25) is 0 Å². The molecule has 0 aromatic heterocycles. The minimum atomic E-state index is -0.891. The highest BCUT2D eigenvalue weighted by Crippen LogP contribution is 2.47. The van der Waals surface area contributed by atoms with E-state index < -0.39 is 11.9 Å². The normalized spacial score (nSPS) is 15.8. The topological polar surface area (TPSA) is 74.6 Å². The average Bonchev–Trinajstić information content (AvgIpc) is 2.83. The summed E-state index contributed by atoms with van der Waals surface area (Å²) in [6.45, 7) is 13.7. The van der Waals surface area contributed by atoms with Gasteiger partial charge in [-0.1, -0.05) is 76.2 Å². The van der Waals surface area contributed by atoms with Crippen LogP contribution in [-0.2, 0) is 10.8 Å². The number of carboxylic acid groups (broad SMARTS) is 2. The Hall–Kier alpha value is -3.66. The molecule has 0 saturated heterocycles. The molecular weight excluding hydrogens is 448 g/mol. The Morgan fingerprint density at radius 3 is 1.69 bits per heavy atom. The molecule has 4 rings (SSSR count). The van der Waals surface area contributed by atoms with E-state index in [2.05, 4.69) is 59.8 Å². The standard InChI is InChI=1S/C25H30O2.C7H6O2/c1-16(13-18-7-9-19(10-8-18)23(26)27)20-15-22-21(14-17(20)2)24(3,4)11-12-25(22,5)6;8-7(9)6-4-2-1-3-5-6/h7-10,13-15H,11-12H2,1-6H3,(H,26,27);1-5H,(H,8,9)/b16-13+;. The Balaban J connectivity index is 0.000000338. The molecule has 36 heavy (non-hydrogen) atoms. The number of carbonyl (C=O) groups is 2. The molecule has 2 N–H and O–H groups in total. The number of carboxylic acids is 2. The van der Waals surface area contributed by atoms with Crippen molar-refractivity contribution in [1.82, 2.24) is 0 Å². The van der Waals surface area contributed by atoms with Crippen molar-refractivity contribution >= 4 is 23.6 Å². The lowest BCUT2D eigenvalue weighted by atomic mass is 9.62. The van der Waals surface area contributed by atoms with Crippen molar-refractivity contribution in [2.45, 2.75) is 65.2 Å². The molecule has 1 aliphatic carbocycles. The summed E-state index contributed by atoms with van der Waals surface area (Å²) in [4.78, 5) is 21.2. The van der Waals surface area contributed by atoms with E-state index >= 15 is 0 Å². The van der Waals surface area contributed by atoms with Crippen LogP contribution in [0.15, 0.2) is 66.7 Å². The monoisotopic (exact) mass is 484 g/mol. The fourth-order valence-corrected chi connectivity index (χ4v) is 4.78. The van der Waals surface area contributed by atoms with Crippen LogP contribution in [0.25, 0.3) is 11.6 Å². The fraction of sp³-hybridized carbons (Fsp3) is 0.312. The van der Waals surface area contributed by atoms with Gasteiger partial charge in [0.25, 0.3) is 0 Å². The fourth-order valence-electron chi connectivity index (χ4n) is 4.78. The molecule has 188 valence electrons. The maximum absolute atomic E-state index is 11.0. The van der Waals surface area contributed by atoms with Crippen LogP contribution in [0.5, 0.6) is 0 Å². The predicted molar refractivity (Wildman–Crippen MR) is 147 cm³/mol. The van der Waals surface area contributed by atoms with Gasteiger partial charge in [0.1, 0.15) is 0 Å². The number of allylic oxidation sites excluding steroid dienone is 1. The summed E-state index contributed by atoms with van der Waals surface area (Å²) in [6, 6.07) is 20.1. The number of aromatic carboxylic acids is 2. The quantitative estimate of drug-likeness (QED) is 0.368. The van der Waals surface area contributed by atoms with Gasteiger partial charge in [-0.2, -0.15) is 0 Å². The molecule has 3 aromatic carbocycles. The number of fused-ring (bicyclic) bond motifs is 1. The number of aryl methyl sites for hydroxylation is 1. The summed E-state index contributed by atoms with van der Waals surface area (Å²) in [7, 11) is 0. The van der Waals surface area contributed by atoms with Crippen molar-refractivity contribution in [3.63, 3.8) is 0 Å². The Morgan fingerprint density at radius 1 is 0.750 bits per heavy atom. The zero-order valence-corrected chi connectivity index (χ0v) is 22.1. The molecule has 0 aliphatic heterocycles. The first-order valence-electron chi connectivity index (χ1n) is 12.3. The van der Waals surface area contributed by atoms with Gasteiger partial charge in [-0.05, 0) is 95.2 Å². The van der Waals surface area contributed by atoms with Crippen LogP contribution in [-0.4, -0.2) is 22.2 Å². The van der Waals surface area contributed by atoms with Gasteiger partial charge in [0.05, 0.1) is 11.1 Å². The van der Waals surface area contributed by atoms with Gasteiger partial charge in [-0.25, -0.2) is 9.59 Å². The van der Waals surface area contributed by atoms with E-state index in [-0.39, 0.29) is 10.8 Å². The number of hydrogen-bond donors (Lipinski definition) is 2. The van der Waals surface area contributed by atoms with E-state index in [9.17, 15) is 9.59 Å². The molecule has 3 aromatic rings. The van der Waals surface area contributed by atoms with Gasteiger partial charge < -0.3 is 10.2 Å². The minimum absolute atomic E-state index is 0.191. The third kappa shape index (κ3) is 6.12. The van der Waals surface area contributed by atoms with Crippen molar-refractivity contribution in [1.29, 1.82) is 0 Å². The largest absolute Gasteiger partial charge is 0.478 e. The molecule has 0 fully saturated rings. The molecule has 0 saturated carbocycles. The number of benzene rings is 3. The molecule has 4 heteroatoms. The van der Waals surface area contributed by atoms with E-state index in [1.807, 2.05) is 12.1 Å². The van der Waals surface area contributed by atoms with Crippen LogP contribution < -0.4 is 0 Å². The maximum Gasteiger partial charge on any atom is 0.335 e. The van der Waals surface area contributed by atoms with E-state index in [1.165, 1.54) is 40.7 Å². The van der Waals surface area contributed by atoms with E-state index in [0.717, 1.165) is 5.56 Å². The van der Waals surface area contributed by atoms with Crippen molar-refractivity contribution in [3.05, 3.63) is 106 Å². The SMILES string of the molecule is C/C(=C\c1ccc(C(=O)O)cc1)c1cc2c(cc1C)C(C)(C)CCC2(C)C.O=C(O)c1ccccc1. The van der Waals surface area contributed by atoms with Crippen molar-refractivity contribution in [2.75, 3.05) is 0 Å². The van der Waals surface area contributed by atoms with Gasteiger partial charge in [-0.15, -0.1) is 0 Å². The summed E-state index contributed by atoms with van der Waals surface area (Å²) in [5, 5.41) is 17.4. The van der Waals surface area contributed by atoms with Crippen LogP contribution in [0.2, 0.25) is 0 Å². The maximum atomic E-state index is 11.0. The van der Waals surface area contributed by atoms with E-state index in [4.69, 9.17) is 10.2 Å². The predicted octanol–water partition coefficient (Wildman–Crippen LogP) is 7.99. The highest BCUT2D eigenvalue weighted by atomic mass is 16.4. The number of rotatable bonds is 4. The Kier molecular flexibility index (Phi) is 7.88. The summed E-state index contributed by atoms with van der Waals surface area (Å²) in [5.74, 6) is -1.77. The first-order valence-corrected chi connectivity index (χ1v) is 12.3. The molecule has 0 heterocycles. The van der Waals surface area contributed by atoms with Crippen molar-refractivity contribution in [3.8, 4) is 0 Å².